The first-order chi connectivity index (χ1) is 5.79. The number of nitrogens with zero attached hydrogens (tertiary/aromatic N) is 1. The van der Waals surface area contributed by atoms with E-state index in [1.165, 1.54) is 0 Å². The summed E-state index contributed by atoms with van der Waals surface area (Å²) in [5, 5.41) is 0. The van der Waals surface area contributed by atoms with Crippen molar-refractivity contribution in [3.05, 3.63) is 24.0 Å². The number of carbonyl (C=O) groups excluding carboxylic acids is 1. The molecule has 64 valence electrons. The molecule has 0 radical (unpaired) electrons. The lowest BCUT2D eigenvalue weighted by molar-refractivity contribution is -0.139. The number of rotatable bonds is 1. The largest absolute Gasteiger partial charge is 0.465 e. The minimum Gasteiger partial charge on any atom is -0.465 e. The molecule has 0 N–H and O–H groups in total. The first-order valence-corrected chi connectivity index (χ1v) is 4.07. The van der Waals surface area contributed by atoms with Crippen LogP contribution in [0.3, 0.4) is 0 Å². The average Bonchev–Trinajstić information content (AvgIpc) is 2.59. The topological polar surface area (TPSA) is 31.2 Å². The Morgan fingerprint density at radius 1 is 1.67 bits per heavy atom. The van der Waals surface area contributed by atoms with E-state index in [4.69, 9.17) is 4.74 Å². The predicted molar refractivity (Wildman–Crippen MR) is 43.7 cm³/mol. The molecule has 1 aliphatic rings. The summed E-state index contributed by atoms with van der Waals surface area (Å²) in [6, 6.07) is 3.91. The zero-order valence-corrected chi connectivity index (χ0v) is 6.99. The summed E-state index contributed by atoms with van der Waals surface area (Å²) < 4.78 is 6.86. The highest BCUT2D eigenvalue weighted by molar-refractivity contribution is 5.79. The molecule has 1 atom stereocenters. The Morgan fingerprint density at radius 2 is 2.50 bits per heavy atom. The van der Waals surface area contributed by atoms with E-state index in [1.807, 2.05) is 29.9 Å². The van der Waals surface area contributed by atoms with Gasteiger partial charge in [0.05, 0.1) is 6.61 Å². The Bertz CT molecular complexity index is 303. The van der Waals surface area contributed by atoms with Crippen LogP contribution in [-0.2, 0) is 16.6 Å². The Morgan fingerprint density at radius 3 is 3.00 bits per heavy atom. The predicted octanol–water partition coefficient (Wildman–Crippen LogP) is 1.06. The fourth-order valence-corrected chi connectivity index (χ4v) is 1.60. The normalized spacial score (nSPS) is 22.8. The molecule has 0 aromatic carbocycles. The zero-order chi connectivity index (χ0) is 8.55. The molecule has 0 bridgehead atoms. The maximum Gasteiger partial charge on any atom is 0.315 e. The Kier molecular flexibility index (Phi) is 1.64. The van der Waals surface area contributed by atoms with Gasteiger partial charge in [-0.2, -0.15) is 0 Å². The molecule has 1 aromatic rings. The number of cyclic esters (lactones) is 1. The van der Waals surface area contributed by atoms with Crippen molar-refractivity contribution < 1.29 is 9.53 Å². The first kappa shape index (κ1) is 7.40. The van der Waals surface area contributed by atoms with Crippen LogP contribution in [0.4, 0.5) is 0 Å². The monoisotopic (exact) mass is 165 g/mol. The van der Waals surface area contributed by atoms with Crippen molar-refractivity contribution in [2.24, 2.45) is 7.05 Å². The van der Waals surface area contributed by atoms with Crippen LogP contribution in [0.1, 0.15) is 18.0 Å². The molecule has 0 saturated carbocycles. The van der Waals surface area contributed by atoms with E-state index in [9.17, 15) is 4.79 Å². The van der Waals surface area contributed by atoms with Crippen LogP contribution in [0.15, 0.2) is 18.3 Å². The van der Waals surface area contributed by atoms with E-state index in [1.54, 1.807) is 0 Å². The van der Waals surface area contributed by atoms with Gasteiger partial charge in [0, 0.05) is 25.4 Å². The molecule has 12 heavy (non-hydrogen) atoms. The van der Waals surface area contributed by atoms with E-state index in [0.29, 0.717) is 6.61 Å². The third-order valence-corrected chi connectivity index (χ3v) is 2.28. The quantitative estimate of drug-likeness (QED) is 0.582. The van der Waals surface area contributed by atoms with Crippen molar-refractivity contribution in [3.8, 4) is 0 Å². The zero-order valence-electron chi connectivity index (χ0n) is 6.99. The van der Waals surface area contributed by atoms with Gasteiger partial charge in [0.1, 0.15) is 5.92 Å². The lowest BCUT2D eigenvalue weighted by atomic mass is 10.0. The van der Waals surface area contributed by atoms with Crippen molar-refractivity contribution in [2.75, 3.05) is 6.61 Å². The maximum atomic E-state index is 11.2. The standard InChI is InChI=1S/C9H11NO2/c1-10-5-2-3-8(10)7-4-6-12-9(7)11/h2-3,5,7H,4,6H2,1H3. The maximum absolute atomic E-state index is 11.2. The van der Waals surface area contributed by atoms with Gasteiger partial charge >= 0.3 is 5.97 Å². The summed E-state index contributed by atoms with van der Waals surface area (Å²) in [6.45, 7) is 0.564. The van der Waals surface area contributed by atoms with Crippen LogP contribution >= 0.6 is 0 Å². The van der Waals surface area contributed by atoms with Crippen molar-refractivity contribution in [2.45, 2.75) is 12.3 Å². The highest BCUT2D eigenvalue weighted by Crippen LogP contribution is 2.25. The van der Waals surface area contributed by atoms with Gasteiger partial charge in [-0.1, -0.05) is 0 Å². The minimum atomic E-state index is -0.0863. The molecule has 0 amide bonds. The molecule has 0 spiro atoms. The van der Waals surface area contributed by atoms with E-state index in [2.05, 4.69) is 0 Å². The Labute approximate surface area is 70.9 Å². The molecular weight excluding hydrogens is 154 g/mol. The third-order valence-electron chi connectivity index (χ3n) is 2.28. The number of aryl methyl sites for hydroxylation is 1. The molecule has 2 heterocycles. The lowest BCUT2D eigenvalue weighted by Gasteiger charge is -2.06. The van der Waals surface area contributed by atoms with Crippen LogP contribution in [0.5, 0.6) is 0 Å². The average molecular weight is 165 g/mol. The number of carbonyl (C=O) groups is 1. The van der Waals surface area contributed by atoms with E-state index in [0.717, 1.165) is 12.1 Å². The van der Waals surface area contributed by atoms with Gasteiger partial charge in [-0.3, -0.25) is 4.79 Å². The molecule has 1 aliphatic heterocycles. The van der Waals surface area contributed by atoms with Gasteiger partial charge in [0.2, 0.25) is 0 Å². The summed E-state index contributed by atoms with van der Waals surface area (Å²) in [6.07, 6.45) is 2.76. The summed E-state index contributed by atoms with van der Waals surface area (Å²) in [5.74, 6) is -0.123. The van der Waals surface area contributed by atoms with Crippen LogP contribution < -0.4 is 0 Å². The highest BCUT2D eigenvalue weighted by atomic mass is 16.5. The summed E-state index contributed by atoms with van der Waals surface area (Å²) in [7, 11) is 1.95. The molecule has 3 nitrogen and oxygen atoms in total. The van der Waals surface area contributed by atoms with Gasteiger partial charge in [0.15, 0.2) is 0 Å². The smallest absolute Gasteiger partial charge is 0.315 e. The number of ether oxygens (including phenoxy) is 1. The molecule has 3 heteroatoms. The second kappa shape index (κ2) is 2.66. The highest BCUT2D eigenvalue weighted by Gasteiger charge is 2.29. The number of esters is 1. The van der Waals surface area contributed by atoms with Crippen LogP contribution in [0.2, 0.25) is 0 Å². The van der Waals surface area contributed by atoms with Crippen LogP contribution in [0, 0.1) is 0 Å². The molecule has 2 rings (SSSR count). The minimum absolute atomic E-state index is 0.0370. The Balaban J connectivity index is 2.30. The number of aromatic nitrogens is 1. The summed E-state index contributed by atoms with van der Waals surface area (Å²) in [4.78, 5) is 11.2. The molecular formula is C9H11NO2. The number of hydrogen-bond donors (Lipinski definition) is 0. The fourth-order valence-electron chi connectivity index (χ4n) is 1.60. The van der Waals surface area contributed by atoms with Crippen molar-refractivity contribution in [1.29, 1.82) is 0 Å². The van der Waals surface area contributed by atoms with Crippen molar-refractivity contribution in [3.63, 3.8) is 0 Å². The summed E-state index contributed by atoms with van der Waals surface area (Å²) >= 11 is 0. The van der Waals surface area contributed by atoms with E-state index in [-0.39, 0.29) is 11.9 Å². The molecule has 1 unspecified atom stereocenters. The van der Waals surface area contributed by atoms with Crippen molar-refractivity contribution >= 4 is 5.97 Å². The Hall–Kier alpha value is -1.25. The molecule has 1 aromatic heterocycles. The lowest BCUT2D eigenvalue weighted by Crippen LogP contribution is -2.09. The van der Waals surface area contributed by atoms with Crippen LogP contribution in [-0.4, -0.2) is 17.1 Å². The van der Waals surface area contributed by atoms with Gasteiger partial charge in [-0.15, -0.1) is 0 Å². The van der Waals surface area contributed by atoms with E-state index < -0.39 is 0 Å². The van der Waals surface area contributed by atoms with Gasteiger partial charge in [-0.05, 0) is 12.1 Å². The summed E-state index contributed by atoms with van der Waals surface area (Å²) in [5.41, 5.74) is 1.05. The molecule has 1 fully saturated rings. The van der Waals surface area contributed by atoms with Crippen LogP contribution in [0.25, 0.3) is 0 Å². The fraction of sp³-hybridized carbons (Fsp3) is 0.444. The second-order valence-electron chi connectivity index (χ2n) is 3.05. The first-order valence-electron chi connectivity index (χ1n) is 4.07. The molecule has 0 aliphatic carbocycles. The second-order valence-corrected chi connectivity index (χ2v) is 3.05. The van der Waals surface area contributed by atoms with Gasteiger partial charge < -0.3 is 9.30 Å². The number of hydrogen-bond acceptors (Lipinski definition) is 2. The van der Waals surface area contributed by atoms with Crippen molar-refractivity contribution in [1.82, 2.24) is 4.57 Å². The van der Waals surface area contributed by atoms with E-state index >= 15 is 0 Å². The third kappa shape index (κ3) is 1.02. The van der Waals surface area contributed by atoms with Gasteiger partial charge in [-0.25, -0.2) is 0 Å². The SMILES string of the molecule is Cn1cccc1C1CCOC1=O. The van der Waals surface area contributed by atoms with Gasteiger partial charge in [0.25, 0.3) is 0 Å². The molecule has 1 saturated heterocycles.